The van der Waals surface area contributed by atoms with E-state index in [9.17, 15) is 0 Å². The Morgan fingerprint density at radius 2 is 2.08 bits per heavy atom. The van der Waals surface area contributed by atoms with Crippen molar-refractivity contribution in [2.45, 2.75) is 51.1 Å². The average Bonchev–Trinajstić information content (AvgIpc) is 3.46. The van der Waals surface area contributed by atoms with E-state index in [4.69, 9.17) is 0 Å². The average molecular weight is 322 g/mol. The molecule has 126 valence electrons. The summed E-state index contributed by atoms with van der Waals surface area (Å²) in [7, 11) is 0. The standard InChI is InChI=1S/C20H26N4/c1-15-11-16(8-9-21-15)12-22-18-3-2-10-24(14-18)19-6-7-20(23-13-19)17-4-5-17/h6-9,11,13,17-18,22H,2-5,10,12,14H2,1H3/t18-/m0/s1. The highest BCUT2D eigenvalue weighted by molar-refractivity contribution is 5.45. The molecule has 4 rings (SSSR count). The van der Waals surface area contributed by atoms with Gasteiger partial charge < -0.3 is 10.2 Å². The number of rotatable bonds is 5. The largest absolute Gasteiger partial charge is 0.369 e. The van der Waals surface area contributed by atoms with Gasteiger partial charge >= 0.3 is 0 Å². The maximum absolute atomic E-state index is 4.68. The molecule has 0 spiro atoms. The van der Waals surface area contributed by atoms with E-state index >= 15 is 0 Å². The first-order valence-corrected chi connectivity index (χ1v) is 9.14. The quantitative estimate of drug-likeness (QED) is 0.916. The van der Waals surface area contributed by atoms with Gasteiger partial charge in [0.2, 0.25) is 0 Å². The number of pyridine rings is 2. The molecule has 1 N–H and O–H groups in total. The molecule has 1 saturated carbocycles. The SMILES string of the molecule is Cc1cc(CN[C@H]2CCCN(c3ccc(C4CC4)nc3)C2)ccn1. The minimum Gasteiger partial charge on any atom is -0.369 e. The highest BCUT2D eigenvalue weighted by Gasteiger charge is 2.25. The van der Waals surface area contributed by atoms with Crippen LogP contribution in [-0.2, 0) is 6.54 Å². The molecule has 1 saturated heterocycles. The summed E-state index contributed by atoms with van der Waals surface area (Å²) in [5.74, 6) is 0.735. The predicted octanol–water partition coefficient (Wildman–Crippen LogP) is 3.42. The highest BCUT2D eigenvalue weighted by atomic mass is 15.2. The second kappa shape index (κ2) is 6.89. The molecule has 0 amide bonds. The van der Waals surface area contributed by atoms with E-state index in [1.165, 1.54) is 42.6 Å². The van der Waals surface area contributed by atoms with Crippen LogP contribution in [0, 0.1) is 6.92 Å². The van der Waals surface area contributed by atoms with Gasteiger partial charge in [-0.05, 0) is 62.4 Å². The molecule has 2 aromatic heterocycles. The highest BCUT2D eigenvalue weighted by Crippen LogP contribution is 2.39. The van der Waals surface area contributed by atoms with Crippen molar-refractivity contribution < 1.29 is 0 Å². The summed E-state index contributed by atoms with van der Waals surface area (Å²) in [5.41, 5.74) is 4.95. The summed E-state index contributed by atoms with van der Waals surface area (Å²) in [4.78, 5) is 11.4. The smallest absolute Gasteiger partial charge is 0.0553 e. The summed E-state index contributed by atoms with van der Waals surface area (Å²) in [6.07, 6.45) is 9.08. The van der Waals surface area contributed by atoms with Gasteiger partial charge in [0.1, 0.15) is 0 Å². The third-order valence-corrected chi connectivity index (χ3v) is 5.11. The maximum atomic E-state index is 4.68. The van der Waals surface area contributed by atoms with E-state index < -0.39 is 0 Å². The van der Waals surface area contributed by atoms with Crippen LogP contribution >= 0.6 is 0 Å². The molecule has 2 aliphatic rings. The monoisotopic (exact) mass is 322 g/mol. The lowest BCUT2D eigenvalue weighted by Crippen LogP contribution is -2.45. The first-order valence-electron chi connectivity index (χ1n) is 9.14. The van der Waals surface area contributed by atoms with Crippen molar-refractivity contribution in [3.05, 3.63) is 53.6 Å². The molecule has 0 aromatic carbocycles. The number of aryl methyl sites for hydroxylation is 1. The van der Waals surface area contributed by atoms with Crippen LogP contribution in [0.3, 0.4) is 0 Å². The Morgan fingerprint density at radius 1 is 1.17 bits per heavy atom. The Balaban J connectivity index is 1.34. The predicted molar refractivity (Wildman–Crippen MR) is 97.3 cm³/mol. The summed E-state index contributed by atoms with van der Waals surface area (Å²) < 4.78 is 0. The first kappa shape index (κ1) is 15.6. The van der Waals surface area contributed by atoms with Gasteiger partial charge in [-0.15, -0.1) is 0 Å². The molecule has 1 aliphatic heterocycles. The van der Waals surface area contributed by atoms with Gasteiger partial charge in [-0.1, -0.05) is 0 Å². The van der Waals surface area contributed by atoms with E-state index in [0.717, 1.165) is 31.2 Å². The summed E-state index contributed by atoms with van der Waals surface area (Å²) >= 11 is 0. The van der Waals surface area contributed by atoms with Gasteiger partial charge in [-0.2, -0.15) is 0 Å². The van der Waals surface area contributed by atoms with Crippen molar-refractivity contribution in [2.75, 3.05) is 18.0 Å². The number of piperidine rings is 1. The van der Waals surface area contributed by atoms with Crippen molar-refractivity contribution in [1.29, 1.82) is 0 Å². The van der Waals surface area contributed by atoms with Gasteiger partial charge in [0, 0.05) is 49.2 Å². The normalized spacial score (nSPS) is 21.0. The summed E-state index contributed by atoms with van der Waals surface area (Å²) in [6, 6.07) is 9.28. The molecule has 2 fully saturated rings. The number of nitrogens with one attached hydrogen (secondary N) is 1. The Labute approximate surface area is 144 Å². The van der Waals surface area contributed by atoms with Crippen LogP contribution in [-0.4, -0.2) is 29.1 Å². The van der Waals surface area contributed by atoms with Crippen molar-refractivity contribution in [3.63, 3.8) is 0 Å². The van der Waals surface area contributed by atoms with Gasteiger partial charge in [0.15, 0.2) is 0 Å². The Bertz CT molecular complexity index is 678. The van der Waals surface area contributed by atoms with E-state index in [1.807, 2.05) is 13.1 Å². The molecule has 4 nitrogen and oxygen atoms in total. The van der Waals surface area contributed by atoms with Crippen LogP contribution in [0.4, 0.5) is 5.69 Å². The lowest BCUT2D eigenvalue weighted by atomic mass is 10.0. The molecule has 24 heavy (non-hydrogen) atoms. The van der Waals surface area contributed by atoms with Crippen molar-refractivity contribution in [3.8, 4) is 0 Å². The zero-order valence-electron chi connectivity index (χ0n) is 14.4. The second-order valence-corrected chi connectivity index (χ2v) is 7.19. The number of hydrogen-bond donors (Lipinski definition) is 1. The lowest BCUT2D eigenvalue weighted by Gasteiger charge is -2.34. The van der Waals surface area contributed by atoms with E-state index in [-0.39, 0.29) is 0 Å². The fourth-order valence-electron chi connectivity index (χ4n) is 3.56. The fraction of sp³-hybridized carbons (Fsp3) is 0.500. The van der Waals surface area contributed by atoms with Crippen molar-refractivity contribution in [2.24, 2.45) is 0 Å². The molecular weight excluding hydrogens is 296 g/mol. The third-order valence-electron chi connectivity index (χ3n) is 5.11. The number of hydrogen-bond acceptors (Lipinski definition) is 4. The number of nitrogens with zero attached hydrogens (tertiary/aromatic N) is 3. The Kier molecular flexibility index (Phi) is 4.48. The van der Waals surface area contributed by atoms with Gasteiger partial charge in [0.25, 0.3) is 0 Å². The van der Waals surface area contributed by atoms with E-state index in [2.05, 4.69) is 50.6 Å². The van der Waals surface area contributed by atoms with Crippen LogP contribution in [0.25, 0.3) is 0 Å². The van der Waals surface area contributed by atoms with Crippen LogP contribution in [0.1, 0.15) is 48.6 Å². The Hall–Kier alpha value is -1.94. The van der Waals surface area contributed by atoms with Gasteiger partial charge in [-0.25, -0.2) is 0 Å². The van der Waals surface area contributed by atoms with Gasteiger partial charge in [0.05, 0.1) is 11.9 Å². The molecule has 0 radical (unpaired) electrons. The molecule has 3 heterocycles. The summed E-state index contributed by atoms with van der Waals surface area (Å²) in [5, 5.41) is 3.71. The minimum absolute atomic E-state index is 0.537. The van der Waals surface area contributed by atoms with Crippen LogP contribution in [0.5, 0.6) is 0 Å². The molecule has 0 bridgehead atoms. The van der Waals surface area contributed by atoms with E-state index in [0.29, 0.717) is 6.04 Å². The first-order chi connectivity index (χ1) is 11.8. The Morgan fingerprint density at radius 3 is 2.83 bits per heavy atom. The zero-order valence-corrected chi connectivity index (χ0v) is 14.4. The molecular formula is C20H26N4. The topological polar surface area (TPSA) is 41.0 Å². The zero-order chi connectivity index (χ0) is 16.4. The fourth-order valence-corrected chi connectivity index (χ4v) is 3.56. The van der Waals surface area contributed by atoms with Crippen molar-refractivity contribution in [1.82, 2.24) is 15.3 Å². The van der Waals surface area contributed by atoms with Crippen LogP contribution in [0.15, 0.2) is 36.7 Å². The molecule has 0 unspecified atom stereocenters. The minimum atomic E-state index is 0.537. The summed E-state index contributed by atoms with van der Waals surface area (Å²) in [6.45, 7) is 5.16. The third kappa shape index (κ3) is 3.75. The van der Waals surface area contributed by atoms with Crippen LogP contribution in [0.2, 0.25) is 0 Å². The number of aromatic nitrogens is 2. The molecule has 1 atom stereocenters. The second-order valence-electron chi connectivity index (χ2n) is 7.19. The lowest BCUT2D eigenvalue weighted by molar-refractivity contribution is 0.421. The molecule has 1 aliphatic carbocycles. The van der Waals surface area contributed by atoms with Crippen LogP contribution < -0.4 is 10.2 Å². The molecule has 2 aromatic rings. The molecule has 4 heteroatoms. The van der Waals surface area contributed by atoms with E-state index in [1.54, 1.807) is 0 Å². The maximum Gasteiger partial charge on any atom is 0.0553 e. The number of anilines is 1. The van der Waals surface area contributed by atoms with Gasteiger partial charge in [-0.3, -0.25) is 9.97 Å². The van der Waals surface area contributed by atoms with Crippen molar-refractivity contribution >= 4 is 5.69 Å².